The zero-order valence-electron chi connectivity index (χ0n) is 29.5. The molecule has 0 heterocycles. The molecule has 0 saturated heterocycles. The van der Waals surface area contributed by atoms with Gasteiger partial charge in [0.25, 0.3) is 0 Å². The van der Waals surface area contributed by atoms with E-state index in [4.69, 9.17) is 18.0 Å². The third-order valence-corrected chi connectivity index (χ3v) is 14.8. The number of hydrogen-bond donors (Lipinski definition) is 1. The van der Waals surface area contributed by atoms with Crippen molar-refractivity contribution in [2.75, 3.05) is 0 Å². The number of carbonyl (C=O) groups excluding carboxylic acids is 1. The van der Waals surface area contributed by atoms with E-state index in [2.05, 4.69) is 111 Å². The summed E-state index contributed by atoms with van der Waals surface area (Å²) in [5, 5.41) is 9.59. The normalized spacial score (nSPS) is 26.4. The number of fused-ring (bicyclic) bond motifs is 1. The number of carboxylic acids is 1. The smallest absolute Gasteiger partial charge is 0.340 e. The summed E-state index contributed by atoms with van der Waals surface area (Å²) in [5.41, 5.74) is -1.53. The molecule has 10 heteroatoms. The third kappa shape index (κ3) is 8.60. The van der Waals surface area contributed by atoms with Gasteiger partial charge in [0.2, 0.25) is 18.1 Å². The minimum absolute atomic E-state index is 0.00713. The minimum Gasteiger partial charge on any atom is -0.478 e. The van der Waals surface area contributed by atoms with Crippen molar-refractivity contribution in [1.82, 2.24) is 0 Å². The average Bonchev–Trinajstić information content (AvgIpc) is 3.21. The molecule has 2 aliphatic carbocycles. The largest absolute Gasteiger partial charge is 0.478 e. The molecule has 3 unspecified atom stereocenters. The molecule has 0 spiro atoms. The Balaban J connectivity index is 2.20. The number of hydrogen-bond acceptors (Lipinski definition) is 6. The number of benzene rings is 1. The van der Waals surface area contributed by atoms with Crippen LogP contribution in [0.5, 0.6) is 0 Å². The number of ether oxygens (including phenoxy) is 1. The minimum atomic E-state index is -2.24. The maximum atomic E-state index is 13.4. The van der Waals surface area contributed by atoms with Crippen molar-refractivity contribution >= 4 is 38.3 Å². The van der Waals surface area contributed by atoms with Crippen LogP contribution in [0.1, 0.15) is 75.6 Å². The van der Waals surface area contributed by atoms with E-state index in [1.807, 2.05) is 6.92 Å². The standard InChI is InChI=1S/C36H50O7Si3/c1-14-35(8)23-21-25-24-28(41-44(9)33(2,3)4)30(42-45(10)34(5,6)7)36(25,43-46(11,12)13)22-17-20-29(35)40-32(39)27-19-16-15-18-26(27)31(37)38/h14-16,18-19,24,28-30H,1,22H2,2-13H3,(H,37,38)/t28-,29?,30+,35?,36?/m1/s1. The maximum absolute atomic E-state index is 13.4. The van der Waals surface area contributed by atoms with Crippen molar-refractivity contribution in [3.05, 3.63) is 59.7 Å². The number of rotatable bonds is 10. The molecule has 5 atom stereocenters. The van der Waals surface area contributed by atoms with Crippen LogP contribution in [0.4, 0.5) is 0 Å². The van der Waals surface area contributed by atoms with Crippen LogP contribution in [-0.4, -0.2) is 67.4 Å². The lowest BCUT2D eigenvalue weighted by Crippen LogP contribution is -2.56. The Kier molecular flexibility index (Phi) is 11.3. The Bertz CT molecular complexity index is 1490. The number of aromatic carboxylic acids is 1. The van der Waals surface area contributed by atoms with Crippen molar-refractivity contribution in [2.45, 2.75) is 122 Å². The van der Waals surface area contributed by atoms with E-state index in [1.165, 1.54) is 12.1 Å². The lowest BCUT2D eigenvalue weighted by atomic mass is 9.84. The molecule has 1 aromatic rings. The van der Waals surface area contributed by atoms with Gasteiger partial charge in [0.1, 0.15) is 11.7 Å². The second kappa shape index (κ2) is 13.8. The second-order valence-corrected chi connectivity index (χ2v) is 25.4. The van der Waals surface area contributed by atoms with Crippen molar-refractivity contribution in [1.29, 1.82) is 0 Å². The highest BCUT2D eigenvalue weighted by molar-refractivity contribution is 6.69. The van der Waals surface area contributed by atoms with E-state index in [1.54, 1.807) is 18.2 Å². The number of esters is 1. The molecule has 0 aromatic heterocycles. The van der Waals surface area contributed by atoms with Crippen LogP contribution in [0.25, 0.3) is 0 Å². The van der Waals surface area contributed by atoms with Gasteiger partial charge in [0.05, 0.1) is 22.6 Å². The summed E-state index contributed by atoms with van der Waals surface area (Å²) in [6.07, 6.45) is 2.06. The lowest BCUT2D eigenvalue weighted by molar-refractivity contribution is -0.0449. The van der Waals surface area contributed by atoms with Gasteiger partial charge in [-0.2, -0.15) is 0 Å². The summed E-state index contributed by atoms with van der Waals surface area (Å²) in [6, 6.07) is 5.96. The van der Waals surface area contributed by atoms with E-state index in [9.17, 15) is 14.7 Å². The van der Waals surface area contributed by atoms with Gasteiger partial charge in [-0.3, -0.25) is 0 Å². The first kappa shape index (κ1) is 37.7. The van der Waals surface area contributed by atoms with Crippen LogP contribution in [0.2, 0.25) is 42.8 Å². The molecule has 2 aliphatic rings. The van der Waals surface area contributed by atoms with Gasteiger partial charge >= 0.3 is 11.9 Å². The van der Waals surface area contributed by atoms with Gasteiger partial charge in [-0.05, 0) is 67.9 Å². The van der Waals surface area contributed by atoms with Crippen LogP contribution in [0.15, 0.2) is 48.6 Å². The summed E-state index contributed by atoms with van der Waals surface area (Å²) < 4.78 is 27.0. The SMILES string of the molecule is C=CC1(C)C#CC2=C[C@@H](O[Si](C)C(C)(C)C)[C@H](O[Si](C)C(C)(C)C)C2(O[Si](C)(C)C)CC#CC1OC(=O)c1ccccc1C(=O)O. The summed E-state index contributed by atoms with van der Waals surface area (Å²) in [7, 11) is -4.86. The number of carboxylic acid groups (broad SMARTS) is 1. The molecule has 2 radical (unpaired) electrons. The molecule has 1 aromatic carbocycles. The van der Waals surface area contributed by atoms with Gasteiger partial charge < -0.3 is 23.1 Å². The van der Waals surface area contributed by atoms with E-state index in [0.29, 0.717) is 0 Å². The van der Waals surface area contributed by atoms with Gasteiger partial charge in [0.15, 0.2) is 14.4 Å². The summed E-state index contributed by atoms with van der Waals surface area (Å²) >= 11 is 0. The first-order valence-corrected chi connectivity index (χ1v) is 22.9. The Labute approximate surface area is 280 Å². The monoisotopic (exact) mass is 678 g/mol. The average molecular weight is 679 g/mol. The van der Waals surface area contributed by atoms with E-state index < -0.39 is 61.6 Å². The molecule has 0 amide bonds. The summed E-state index contributed by atoms with van der Waals surface area (Å²) in [6.45, 7) is 29.8. The third-order valence-electron chi connectivity index (χ3n) is 8.38. The highest BCUT2D eigenvalue weighted by atomic mass is 28.4. The molecule has 7 nitrogen and oxygen atoms in total. The van der Waals surface area contributed by atoms with Crippen LogP contribution in [-0.2, 0) is 18.0 Å². The molecular weight excluding hydrogens is 629 g/mol. The molecule has 0 bridgehead atoms. The molecular formula is C36H50O7Si3. The Morgan fingerprint density at radius 1 is 1.02 bits per heavy atom. The molecule has 0 fully saturated rings. The van der Waals surface area contributed by atoms with Gasteiger partial charge in [-0.15, -0.1) is 6.58 Å². The number of carbonyl (C=O) groups is 2. The fourth-order valence-electron chi connectivity index (χ4n) is 4.88. The van der Waals surface area contributed by atoms with Gasteiger partial charge in [-0.25, -0.2) is 9.59 Å². The zero-order valence-corrected chi connectivity index (χ0v) is 32.5. The Hall–Kier alpha value is -2.71. The Morgan fingerprint density at radius 3 is 2.11 bits per heavy atom. The van der Waals surface area contributed by atoms with E-state index in [0.717, 1.165) is 5.57 Å². The predicted octanol–water partition coefficient (Wildman–Crippen LogP) is 7.66. The van der Waals surface area contributed by atoms with Gasteiger partial charge in [-0.1, -0.05) is 83.4 Å². The van der Waals surface area contributed by atoms with Crippen molar-refractivity contribution < 1.29 is 32.7 Å². The highest BCUT2D eigenvalue weighted by Crippen LogP contribution is 2.46. The quantitative estimate of drug-likeness (QED) is 0.118. The van der Waals surface area contributed by atoms with Crippen LogP contribution in [0.3, 0.4) is 0 Å². The fourth-order valence-corrected chi connectivity index (χ4v) is 8.28. The van der Waals surface area contributed by atoms with Crippen molar-refractivity contribution in [3.63, 3.8) is 0 Å². The Morgan fingerprint density at radius 2 is 1.59 bits per heavy atom. The van der Waals surface area contributed by atoms with Crippen molar-refractivity contribution in [3.8, 4) is 23.7 Å². The van der Waals surface area contributed by atoms with Gasteiger partial charge in [0, 0.05) is 12.0 Å². The molecule has 1 N–H and O–H groups in total. The fraction of sp³-hybridized carbons (Fsp3) is 0.556. The molecule has 0 saturated carbocycles. The molecule has 3 rings (SSSR count). The summed E-state index contributed by atoms with van der Waals surface area (Å²) in [5.74, 6) is 11.2. The van der Waals surface area contributed by atoms with Crippen LogP contribution >= 0.6 is 0 Å². The van der Waals surface area contributed by atoms with Crippen LogP contribution < -0.4 is 0 Å². The van der Waals surface area contributed by atoms with E-state index >= 15 is 0 Å². The van der Waals surface area contributed by atoms with E-state index in [-0.39, 0.29) is 33.7 Å². The lowest BCUT2D eigenvalue weighted by Gasteiger charge is -2.44. The molecule has 0 aliphatic heterocycles. The molecule has 46 heavy (non-hydrogen) atoms. The second-order valence-electron chi connectivity index (χ2n) is 15.3. The summed E-state index contributed by atoms with van der Waals surface area (Å²) in [4.78, 5) is 25.2. The molecule has 248 valence electrons. The topological polar surface area (TPSA) is 91.3 Å². The van der Waals surface area contributed by atoms with Crippen molar-refractivity contribution in [2.24, 2.45) is 5.41 Å². The highest BCUT2D eigenvalue weighted by Gasteiger charge is 2.56. The maximum Gasteiger partial charge on any atom is 0.340 e. The first-order valence-electron chi connectivity index (χ1n) is 15.7. The first-order chi connectivity index (χ1) is 21.0. The predicted molar refractivity (Wildman–Crippen MR) is 189 cm³/mol. The zero-order chi connectivity index (χ0) is 34.9. The van der Waals surface area contributed by atoms with Crippen LogP contribution in [0, 0.1) is 29.1 Å².